The number of carboxylic acid groups (broad SMARTS) is 1. The number of aromatic nitrogens is 1. The Kier molecular flexibility index (Phi) is 4.96. The molecule has 106 valence electrons. The van der Waals surface area contributed by atoms with Crippen LogP contribution in [-0.4, -0.2) is 27.4 Å². The Morgan fingerprint density at radius 3 is 2.50 bits per heavy atom. The van der Waals surface area contributed by atoms with E-state index in [1.165, 1.54) is 5.56 Å². The van der Waals surface area contributed by atoms with Gasteiger partial charge in [0.2, 0.25) is 0 Å². The van der Waals surface area contributed by atoms with Crippen molar-refractivity contribution in [3.05, 3.63) is 59.4 Å². The van der Waals surface area contributed by atoms with Crippen LogP contribution in [0.1, 0.15) is 28.0 Å². The summed E-state index contributed by atoms with van der Waals surface area (Å²) in [5.41, 5.74) is 2.38. The van der Waals surface area contributed by atoms with Crippen LogP contribution >= 0.6 is 0 Å². The van der Waals surface area contributed by atoms with Crippen LogP contribution in [0.5, 0.6) is 0 Å². The first-order valence-electron chi connectivity index (χ1n) is 6.78. The highest BCUT2D eigenvalue weighted by atomic mass is 16.4. The molecule has 0 atom stereocenters. The Morgan fingerprint density at radius 2 is 1.85 bits per heavy atom. The first-order valence-corrected chi connectivity index (χ1v) is 6.78. The molecule has 1 heterocycles. The molecule has 0 unspecified atom stereocenters. The number of hydrogen-bond acceptors (Lipinski definition) is 2. The lowest BCUT2D eigenvalue weighted by atomic mass is 10.1. The zero-order chi connectivity index (χ0) is 14.4. The first-order chi connectivity index (χ1) is 9.72. The van der Waals surface area contributed by atoms with Gasteiger partial charge in [0.25, 0.3) is 0 Å². The van der Waals surface area contributed by atoms with Gasteiger partial charge in [-0.15, -0.1) is 0 Å². The van der Waals surface area contributed by atoms with Crippen molar-refractivity contribution in [2.45, 2.75) is 25.8 Å². The van der Waals surface area contributed by atoms with Gasteiger partial charge in [-0.3, -0.25) is 0 Å². The van der Waals surface area contributed by atoms with E-state index < -0.39 is 5.97 Å². The van der Waals surface area contributed by atoms with Gasteiger partial charge < -0.3 is 14.8 Å². The number of aryl methyl sites for hydroxylation is 2. The number of carboxylic acids is 1. The van der Waals surface area contributed by atoms with E-state index in [1.807, 2.05) is 34.9 Å². The molecule has 0 fully saturated rings. The summed E-state index contributed by atoms with van der Waals surface area (Å²) in [6, 6.07) is 11.7. The Morgan fingerprint density at radius 1 is 1.10 bits per heavy atom. The third-order valence-corrected chi connectivity index (χ3v) is 3.36. The van der Waals surface area contributed by atoms with E-state index in [0.717, 1.165) is 12.1 Å². The quantitative estimate of drug-likeness (QED) is 0.814. The molecule has 4 heteroatoms. The van der Waals surface area contributed by atoms with Crippen LogP contribution in [0, 0.1) is 0 Å². The average Bonchev–Trinajstić information content (AvgIpc) is 2.87. The fourth-order valence-corrected chi connectivity index (χ4v) is 2.34. The minimum absolute atomic E-state index is 0.110. The van der Waals surface area contributed by atoms with Gasteiger partial charge in [-0.2, -0.15) is 0 Å². The summed E-state index contributed by atoms with van der Waals surface area (Å²) < 4.78 is 1.93. The number of carbonyl (C=O) groups is 1. The number of aliphatic hydroxyl groups is 1. The van der Waals surface area contributed by atoms with E-state index in [4.69, 9.17) is 5.11 Å². The molecule has 0 bridgehead atoms. The molecule has 0 radical (unpaired) electrons. The third-order valence-electron chi connectivity index (χ3n) is 3.36. The zero-order valence-electron chi connectivity index (χ0n) is 11.3. The highest BCUT2D eigenvalue weighted by Crippen LogP contribution is 2.15. The van der Waals surface area contributed by atoms with E-state index in [0.29, 0.717) is 24.9 Å². The number of aliphatic hydroxyl groups excluding tert-OH is 1. The maximum Gasteiger partial charge on any atom is 0.337 e. The van der Waals surface area contributed by atoms with Crippen molar-refractivity contribution in [3.8, 4) is 0 Å². The van der Waals surface area contributed by atoms with Crippen LogP contribution in [0.25, 0.3) is 0 Å². The fourth-order valence-electron chi connectivity index (χ4n) is 2.34. The molecule has 0 saturated heterocycles. The maximum absolute atomic E-state index is 11.3. The van der Waals surface area contributed by atoms with Crippen molar-refractivity contribution in [1.29, 1.82) is 0 Å². The van der Waals surface area contributed by atoms with Crippen molar-refractivity contribution < 1.29 is 15.0 Å². The molecule has 2 rings (SSSR count). The summed E-state index contributed by atoms with van der Waals surface area (Å²) >= 11 is 0. The van der Waals surface area contributed by atoms with Crippen LogP contribution in [0.15, 0.2) is 42.6 Å². The van der Waals surface area contributed by atoms with Gasteiger partial charge in [0.05, 0.1) is 5.56 Å². The summed E-state index contributed by atoms with van der Waals surface area (Å²) in [5, 5.41) is 18.2. The lowest BCUT2D eigenvalue weighted by Gasteiger charge is -2.10. The molecule has 1 aromatic carbocycles. The predicted molar refractivity (Wildman–Crippen MR) is 76.9 cm³/mol. The molecule has 0 amide bonds. The van der Waals surface area contributed by atoms with Gasteiger partial charge in [0.15, 0.2) is 0 Å². The largest absolute Gasteiger partial charge is 0.478 e. The molecule has 0 aliphatic rings. The Labute approximate surface area is 118 Å². The van der Waals surface area contributed by atoms with Gasteiger partial charge >= 0.3 is 5.97 Å². The molecule has 0 aliphatic heterocycles. The zero-order valence-corrected chi connectivity index (χ0v) is 11.3. The predicted octanol–water partition coefficient (Wildman–Crippen LogP) is 2.35. The monoisotopic (exact) mass is 273 g/mol. The summed E-state index contributed by atoms with van der Waals surface area (Å²) in [5.74, 6) is -0.893. The second-order valence-electron chi connectivity index (χ2n) is 4.74. The van der Waals surface area contributed by atoms with Crippen LogP contribution in [0.4, 0.5) is 0 Å². The SMILES string of the molecule is O=C(O)c1ccn(CCCO)c1CCc1ccccc1. The minimum Gasteiger partial charge on any atom is -0.478 e. The minimum atomic E-state index is -0.893. The van der Waals surface area contributed by atoms with Gasteiger partial charge in [-0.25, -0.2) is 4.79 Å². The number of rotatable bonds is 7. The maximum atomic E-state index is 11.3. The highest BCUT2D eigenvalue weighted by Gasteiger charge is 2.14. The van der Waals surface area contributed by atoms with Crippen molar-refractivity contribution in [1.82, 2.24) is 4.57 Å². The molecular formula is C16H19NO3. The molecule has 2 aromatic rings. The van der Waals surface area contributed by atoms with Gasteiger partial charge in [0, 0.05) is 25.0 Å². The van der Waals surface area contributed by atoms with Crippen LogP contribution < -0.4 is 0 Å². The van der Waals surface area contributed by atoms with Crippen LogP contribution in [0.3, 0.4) is 0 Å². The van der Waals surface area contributed by atoms with E-state index in [1.54, 1.807) is 12.3 Å². The lowest BCUT2D eigenvalue weighted by molar-refractivity contribution is 0.0695. The Hall–Kier alpha value is -2.07. The second-order valence-corrected chi connectivity index (χ2v) is 4.74. The van der Waals surface area contributed by atoms with E-state index in [9.17, 15) is 9.90 Å². The second kappa shape index (κ2) is 6.91. The standard InChI is InChI=1S/C16H19NO3/c18-12-4-10-17-11-9-14(16(19)20)15(17)8-7-13-5-2-1-3-6-13/h1-3,5-6,9,11,18H,4,7-8,10,12H2,(H,19,20). The van der Waals surface area contributed by atoms with Gasteiger partial charge in [-0.1, -0.05) is 30.3 Å². The average molecular weight is 273 g/mol. The van der Waals surface area contributed by atoms with Crippen molar-refractivity contribution in [2.24, 2.45) is 0 Å². The normalized spacial score (nSPS) is 10.7. The number of aromatic carboxylic acids is 1. The van der Waals surface area contributed by atoms with E-state index >= 15 is 0 Å². The topological polar surface area (TPSA) is 62.5 Å². The van der Waals surface area contributed by atoms with Crippen molar-refractivity contribution in [2.75, 3.05) is 6.61 Å². The summed E-state index contributed by atoms with van der Waals surface area (Å²) in [6.45, 7) is 0.757. The molecule has 2 N–H and O–H groups in total. The first kappa shape index (κ1) is 14.3. The lowest BCUT2D eigenvalue weighted by Crippen LogP contribution is -2.09. The third kappa shape index (κ3) is 3.48. The molecule has 20 heavy (non-hydrogen) atoms. The molecule has 1 aromatic heterocycles. The molecule has 0 spiro atoms. The molecule has 0 saturated carbocycles. The Balaban J connectivity index is 2.15. The van der Waals surface area contributed by atoms with E-state index in [-0.39, 0.29) is 6.61 Å². The number of nitrogens with zero attached hydrogens (tertiary/aromatic N) is 1. The summed E-state index contributed by atoms with van der Waals surface area (Å²) in [6.07, 6.45) is 3.92. The van der Waals surface area contributed by atoms with Gasteiger partial charge in [-0.05, 0) is 30.9 Å². The fraction of sp³-hybridized carbons (Fsp3) is 0.312. The van der Waals surface area contributed by atoms with Crippen LogP contribution in [-0.2, 0) is 19.4 Å². The van der Waals surface area contributed by atoms with Crippen molar-refractivity contribution in [3.63, 3.8) is 0 Å². The highest BCUT2D eigenvalue weighted by molar-refractivity contribution is 5.89. The molecular weight excluding hydrogens is 254 g/mol. The molecule has 0 aliphatic carbocycles. The Bertz CT molecular complexity index is 560. The van der Waals surface area contributed by atoms with Gasteiger partial charge in [0.1, 0.15) is 0 Å². The number of benzene rings is 1. The summed E-state index contributed by atoms with van der Waals surface area (Å²) in [4.78, 5) is 11.3. The number of hydrogen-bond donors (Lipinski definition) is 2. The molecule has 4 nitrogen and oxygen atoms in total. The van der Waals surface area contributed by atoms with E-state index in [2.05, 4.69) is 0 Å². The van der Waals surface area contributed by atoms with Crippen LogP contribution in [0.2, 0.25) is 0 Å². The summed E-state index contributed by atoms with van der Waals surface area (Å²) in [7, 11) is 0. The smallest absolute Gasteiger partial charge is 0.337 e. The van der Waals surface area contributed by atoms with Crippen molar-refractivity contribution >= 4 is 5.97 Å².